The van der Waals surface area contributed by atoms with Gasteiger partial charge in [-0.15, -0.1) is 26.6 Å². The number of thiazole rings is 1. The third kappa shape index (κ3) is 2.85. The third-order valence-corrected chi connectivity index (χ3v) is 4.53. The largest absolute Gasteiger partial charge is 0.362 e. The Morgan fingerprint density at radius 1 is 1.08 bits per heavy atom. The van der Waals surface area contributed by atoms with Crippen molar-refractivity contribution in [3.8, 4) is 11.3 Å². The Hall–Kier alpha value is -2.80. The summed E-state index contributed by atoms with van der Waals surface area (Å²) in [5.41, 5.74) is 2.91. The van der Waals surface area contributed by atoms with E-state index < -0.39 is 0 Å². The predicted molar refractivity (Wildman–Crippen MR) is 95.0 cm³/mol. The van der Waals surface area contributed by atoms with E-state index in [1.54, 1.807) is 15.9 Å². The van der Waals surface area contributed by atoms with E-state index in [1.807, 2.05) is 37.3 Å². The predicted octanol–water partition coefficient (Wildman–Crippen LogP) is 3.42. The standard InChI is InChI=1S/C17H16N6S/c1-2-15-20-21-16-9-8-14(22-23(15)16)18-10-17-19-13(11-24-17)12-6-4-3-5-7-12/h3-9,11H,2,10H2,1H3,(H,18,22). The van der Waals surface area contributed by atoms with Gasteiger partial charge in [-0.2, -0.15) is 4.52 Å². The van der Waals surface area contributed by atoms with Crippen LogP contribution < -0.4 is 5.32 Å². The lowest BCUT2D eigenvalue weighted by Gasteiger charge is -2.04. The number of anilines is 1. The number of hydrogen-bond acceptors (Lipinski definition) is 6. The quantitative estimate of drug-likeness (QED) is 0.605. The van der Waals surface area contributed by atoms with Gasteiger partial charge in [0.05, 0.1) is 12.2 Å². The summed E-state index contributed by atoms with van der Waals surface area (Å²) in [7, 11) is 0. The number of aromatic nitrogens is 5. The molecule has 0 aliphatic rings. The molecule has 0 radical (unpaired) electrons. The van der Waals surface area contributed by atoms with Crippen molar-refractivity contribution in [1.82, 2.24) is 24.8 Å². The molecule has 0 aliphatic carbocycles. The molecular formula is C17H16N6S. The first-order valence-electron chi connectivity index (χ1n) is 7.78. The minimum absolute atomic E-state index is 0.638. The molecule has 6 nitrogen and oxygen atoms in total. The van der Waals surface area contributed by atoms with Crippen molar-refractivity contribution in [3.05, 3.63) is 58.7 Å². The highest BCUT2D eigenvalue weighted by molar-refractivity contribution is 7.09. The lowest BCUT2D eigenvalue weighted by molar-refractivity contribution is 0.822. The highest BCUT2D eigenvalue weighted by Gasteiger charge is 2.07. The first-order valence-corrected chi connectivity index (χ1v) is 8.66. The molecule has 3 heterocycles. The summed E-state index contributed by atoms with van der Waals surface area (Å²) < 4.78 is 1.78. The highest BCUT2D eigenvalue weighted by atomic mass is 32.1. The normalized spacial score (nSPS) is 11.0. The zero-order valence-electron chi connectivity index (χ0n) is 13.2. The first kappa shape index (κ1) is 14.8. The average Bonchev–Trinajstić information content (AvgIpc) is 3.27. The van der Waals surface area contributed by atoms with Crippen LogP contribution in [0.25, 0.3) is 16.9 Å². The monoisotopic (exact) mass is 336 g/mol. The fourth-order valence-corrected chi connectivity index (χ4v) is 3.19. The van der Waals surface area contributed by atoms with Crippen LogP contribution in [0.4, 0.5) is 5.82 Å². The Bertz CT molecular complexity index is 960. The van der Waals surface area contributed by atoms with Gasteiger partial charge in [0.25, 0.3) is 0 Å². The van der Waals surface area contributed by atoms with Crippen LogP contribution in [-0.4, -0.2) is 24.8 Å². The van der Waals surface area contributed by atoms with Crippen molar-refractivity contribution >= 4 is 22.8 Å². The van der Waals surface area contributed by atoms with Crippen LogP contribution in [-0.2, 0) is 13.0 Å². The molecule has 0 fully saturated rings. The highest BCUT2D eigenvalue weighted by Crippen LogP contribution is 2.22. The maximum atomic E-state index is 4.68. The van der Waals surface area contributed by atoms with Gasteiger partial charge < -0.3 is 5.32 Å². The van der Waals surface area contributed by atoms with Gasteiger partial charge in [0.15, 0.2) is 11.5 Å². The number of hydrogen-bond donors (Lipinski definition) is 1. The third-order valence-electron chi connectivity index (χ3n) is 3.69. The van der Waals surface area contributed by atoms with Crippen molar-refractivity contribution in [3.63, 3.8) is 0 Å². The molecular weight excluding hydrogens is 320 g/mol. The van der Waals surface area contributed by atoms with Gasteiger partial charge >= 0.3 is 0 Å². The fourth-order valence-electron chi connectivity index (χ4n) is 2.45. The van der Waals surface area contributed by atoms with Crippen LogP contribution in [0.5, 0.6) is 0 Å². The number of nitrogens with zero attached hydrogens (tertiary/aromatic N) is 5. The number of aryl methyl sites for hydroxylation is 1. The summed E-state index contributed by atoms with van der Waals surface area (Å²) in [5.74, 6) is 1.64. The summed E-state index contributed by atoms with van der Waals surface area (Å²) in [6.45, 7) is 2.68. The van der Waals surface area contributed by atoms with Crippen LogP contribution in [0.2, 0.25) is 0 Å². The van der Waals surface area contributed by atoms with E-state index in [4.69, 9.17) is 0 Å². The molecule has 4 rings (SSSR count). The Balaban J connectivity index is 1.50. The smallest absolute Gasteiger partial charge is 0.178 e. The lowest BCUT2D eigenvalue weighted by Crippen LogP contribution is -2.05. The van der Waals surface area contributed by atoms with Gasteiger partial charge in [-0.1, -0.05) is 37.3 Å². The maximum absolute atomic E-state index is 4.68. The van der Waals surface area contributed by atoms with E-state index >= 15 is 0 Å². The van der Waals surface area contributed by atoms with E-state index in [0.717, 1.165) is 40.0 Å². The molecule has 0 amide bonds. The Labute approximate surface area is 143 Å². The molecule has 24 heavy (non-hydrogen) atoms. The molecule has 0 bridgehead atoms. The summed E-state index contributed by atoms with van der Waals surface area (Å²) >= 11 is 1.64. The molecule has 0 aliphatic heterocycles. The van der Waals surface area contributed by atoms with E-state index in [1.165, 1.54) is 0 Å². The van der Waals surface area contributed by atoms with Gasteiger partial charge in [-0.05, 0) is 12.1 Å². The summed E-state index contributed by atoms with van der Waals surface area (Å²) in [4.78, 5) is 4.68. The van der Waals surface area contributed by atoms with Crippen molar-refractivity contribution < 1.29 is 0 Å². The van der Waals surface area contributed by atoms with Crippen LogP contribution >= 0.6 is 11.3 Å². The molecule has 7 heteroatoms. The number of nitrogens with one attached hydrogen (secondary N) is 1. The van der Waals surface area contributed by atoms with Gasteiger partial charge in [-0.3, -0.25) is 0 Å². The molecule has 0 atom stereocenters. The minimum Gasteiger partial charge on any atom is -0.362 e. The second kappa shape index (κ2) is 6.37. The molecule has 1 aromatic carbocycles. The minimum atomic E-state index is 0.638. The van der Waals surface area contributed by atoms with E-state index in [-0.39, 0.29) is 0 Å². The van der Waals surface area contributed by atoms with Crippen LogP contribution in [0, 0.1) is 0 Å². The Kier molecular flexibility index (Phi) is 3.92. The van der Waals surface area contributed by atoms with Crippen molar-refractivity contribution in [2.45, 2.75) is 19.9 Å². The van der Waals surface area contributed by atoms with Crippen LogP contribution in [0.1, 0.15) is 17.8 Å². The summed E-state index contributed by atoms with van der Waals surface area (Å²) in [5, 5.41) is 19.2. The second-order valence-corrected chi connectivity index (χ2v) is 6.25. The van der Waals surface area contributed by atoms with Gasteiger partial charge in [0.2, 0.25) is 0 Å². The van der Waals surface area contributed by atoms with E-state index in [0.29, 0.717) is 6.54 Å². The first-order chi connectivity index (χ1) is 11.8. The number of fused-ring (bicyclic) bond motifs is 1. The van der Waals surface area contributed by atoms with E-state index in [9.17, 15) is 0 Å². The average molecular weight is 336 g/mol. The van der Waals surface area contributed by atoms with E-state index in [2.05, 4.69) is 43.1 Å². The molecule has 0 unspecified atom stereocenters. The zero-order chi connectivity index (χ0) is 16.4. The van der Waals surface area contributed by atoms with Crippen molar-refractivity contribution in [1.29, 1.82) is 0 Å². The van der Waals surface area contributed by atoms with Crippen molar-refractivity contribution in [2.75, 3.05) is 5.32 Å². The molecule has 0 saturated heterocycles. The van der Waals surface area contributed by atoms with Crippen LogP contribution in [0.3, 0.4) is 0 Å². The zero-order valence-corrected chi connectivity index (χ0v) is 14.0. The van der Waals surface area contributed by atoms with Crippen LogP contribution in [0.15, 0.2) is 47.8 Å². The lowest BCUT2D eigenvalue weighted by atomic mass is 10.2. The SMILES string of the molecule is CCc1nnc2ccc(NCc3nc(-c4ccccc4)cs3)nn12. The maximum Gasteiger partial charge on any atom is 0.178 e. The molecule has 0 saturated carbocycles. The fraction of sp³-hybridized carbons (Fsp3) is 0.176. The Morgan fingerprint density at radius 3 is 2.79 bits per heavy atom. The molecule has 1 N–H and O–H groups in total. The summed E-state index contributed by atoms with van der Waals surface area (Å²) in [6, 6.07) is 14.0. The number of benzene rings is 1. The second-order valence-electron chi connectivity index (χ2n) is 5.30. The molecule has 4 aromatic rings. The number of rotatable bonds is 5. The topological polar surface area (TPSA) is 68.0 Å². The summed E-state index contributed by atoms with van der Waals surface area (Å²) in [6.07, 6.45) is 0.796. The van der Waals surface area contributed by atoms with Crippen molar-refractivity contribution in [2.24, 2.45) is 0 Å². The molecule has 120 valence electrons. The van der Waals surface area contributed by atoms with Gasteiger partial charge in [0, 0.05) is 17.4 Å². The molecule has 3 aromatic heterocycles. The van der Waals surface area contributed by atoms with Gasteiger partial charge in [-0.25, -0.2) is 4.98 Å². The van der Waals surface area contributed by atoms with Gasteiger partial charge in [0.1, 0.15) is 10.8 Å². The molecule has 0 spiro atoms. The Morgan fingerprint density at radius 2 is 1.96 bits per heavy atom.